The quantitative estimate of drug-likeness (QED) is 0.800. The van der Waals surface area contributed by atoms with E-state index in [1.54, 1.807) is 33.5 Å². The molecule has 25 heavy (non-hydrogen) atoms. The first-order valence-corrected chi connectivity index (χ1v) is 8.19. The van der Waals surface area contributed by atoms with Gasteiger partial charge in [-0.15, -0.1) is 0 Å². The Labute approximate surface area is 148 Å². The summed E-state index contributed by atoms with van der Waals surface area (Å²) in [4.78, 5) is 12.3. The Morgan fingerprint density at radius 2 is 1.60 bits per heavy atom. The molecule has 2 rings (SSSR count). The lowest BCUT2D eigenvalue weighted by atomic mass is 10.0. The molecule has 0 heterocycles. The molecule has 0 saturated heterocycles. The van der Waals surface area contributed by atoms with E-state index in [9.17, 15) is 4.79 Å². The third kappa shape index (κ3) is 4.89. The average Bonchev–Trinajstić information content (AvgIpc) is 2.65. The molecule has 134 valence electrons. The van der Waals surface area contributed by atoms with Crippen molar-refractivity contribution in [2.45, 2.75) is 19.3 Å². The van der Waals surface area contributed by atoms with Gasteiger partial charge in [0.1, 0.15) is 0 Å². The first kappa shape index (κ1) is 18.6. The number of rotatable bonds is 8. The molecular weight excluding hydrogens is 318 g/mol. The molecule has 0 aliphatic carbocycles. The number of amides is 1. The summed E-state index contributed by atoms with van der Waals surface area (Å²) in [6, 6.07) is 13.7. The van der Waals surface area contributed by atoms with Gasteiger partial charge in [0.05, 0.1) is 27.8 Å². The lowest BCUT2D eigenvalue weighted by molar-refractivity contribution is -0.120. The van der Waals surface area contributed by atoms with E-state index in [0.29, 0.717) is 23.8 Å². The zero-order valence-corrected chi connectivity index (χ0v) is 15.2. The largest absolute Gasteiger partial charge is 0.493 e. The minimum atomic E-state index is -0.0444. The van der Waals surface area contributed by atoms with Gasteiger partial charge in [-0.3, -0.25) is 4.79 Å². The highest BCUT2D eigenvalue weighted by molar-refractivity contribution is 5.79. The van der Waals surface area contributed by atoms with Crippen molar-refractivity contribution in [1.82, 2.24) is 5.32 Å². The van der Waals surface area contributed by atoms with Crippen LogP contribution < -0.4 is 19.5 Å². The second-order valence-electron chi connectivity index (χ2n) is 5.83. The van der Waals surface area contributed by atoms with E-state index in [2.05, 4.69) is 24.4 Å². The van der Waals surface area contributed by atoms with Crippen LogP contribution >= 0.6 is 0 Å². The van der Waals surface area contributed by atoms with Crippen molar-refractivity contribution in [3.63, 3.8) is 0 Å². The fraction of sp³-hybridized carbons (Fsp3) is 0.350. The second-order valence-corrected chi connectivity index (χ2v) is 5.83. The summed E-state index contributed by atoms with van der Waals surface area (Å²) >= 11 is 0. The van der Waals surface area contributed by atoms with E-state index in [0.717, 1.165) is 5.56 Å². The number of methoxy groups -OCH3 is 3. The van der Waals surface area contributed by atoms with Gasteiger partial charge in [0.25, 0.3) is 0 Å². The summed E-state index contributed by atoms with van der Waals surface area (Å²) < 4.78 is 15.9. The van der Waals surface area contributed by atoms with E-state index in [1.165, 1.54) is 5.56 Å². The van der Waals surface area contributed by atoms with Crippen LogP contribution in [0.2, 0.25) is 0 Å². The Hall–Kier alpha value is -2.69. The standard InChI is InChI=1S/C20H25NO4/c1-14(16-8-6-5-7-9-16)13-21-19(22)12-15-10-17(23-2)20(25-4)18(11-15)24-3/h5-11,14H,12-13H2,1-4H3,(H,21,22)/t14-/m1/s1. The van der Waals surface area contributed by atoms with E-state index < -0.39 is 0 Å². The van der Waals surface area contributed by atoms with E-state index in [4.69, 9.17) is 14.2 Å². The molecule has 0 aromatic heterocycles. The number of benzene rings is 2. The third-order valence-corrected chi connectivity index (χ3v) is 4.06. The molecule has 0 saturated carbocycles. The maximum absolute atomic E-state index is 12.3. The number of nitrogens with one attached hydrogen (secondary N) is 1. The Balaban J connectivity index is 2.00. The maximum Gasteiger partial charge on any atom is 0.224 e. The minimum absolute atomic E-state index is 0.0444. The molecule has 0 radical (unpaired) electrons. The number of carbonyl (C=O) groups is 1. The van der Waals surface area contributed by atoms with Crippen molar-refractivity contribution >= 4 is 5.91 Å². The summed E-state index contributed by atoms with van der Waals surface area (Å²) in [5.41, 5.74) is 2.01. The van der Waals surface area contributed by atoms with E-state index in [-0.39, 0.29) is 18.2 Å². The smallest absolute Gasteiger partial charge is 0.224 e. The first-order valence-electron chi connectivity index (χ1n) is 8.19. The van der Waals surface area contributed by atoms with Gasteiger partial charge in [0.15, 0.2) is 11.5 Å². The SMILES string of the molecule is COc1cc(CC(=O)NC[C@@H](C)c2ccccc2)cc(OC)c1OC. The molecular formula is C20H25NO4. The lowest BCUT2D eigenvalue weighted by Crippen LogP contribution is -2.28. The third-order valence-electron chi connectivity index (χ3n) is 4.06. The predicted molar refractivity (Wildman–Crippen MR) is 97.7 cm³/mol. The van der Waals surface area contributed by atoms with Crippen LogP contribution in [-0.4, -0.2) is 33.8 Å². The monoisotopic (exact) mass is 343 g/mol. The van der Waals surface area contributed by atoms with Crippen molar-refractivity contribution in [2.24, 2.45) is 0 Å². The van der Waals surface area contributed by atoms with Crippen LogP contribution in [0.4, 0.5) is 0 Å². The number of hydrogen-bond donors (Lipinski definition) is 1. The average molecular weight is 343 g/mol. The number of ether oxygens (including phenoxy) is 3. The second kappa shape index (κ2) is 8.97. The Bertz CT molecular complexity index is 675. The van der Waals surface area contributed by atoms with Crippen LogP contribution in [0.5, 0.6) is 17.2 Å². The van der Waals surface area contributed by atoms with Gasteiger partial charge < -0.3 is 19.5 Å². The molecule has 2 aromatic carbocycles. The summed E-state index contributed by atoms with van der Waals surface area (Å²) in [5.74, 6) is 1.82. The summed E-state index contributed by atoms with van der Waals surface area (Å²) in [7, 11) is 4.67. The molecule has 0 bridgehead atoms. The summed E-state index contributed by atoms with van der Waals surface area (Å²) in [6.07, 6.45) is 0.248. The zero-order valence-electron chi connectivity index (χ0n) is 15.2. The molecule has 0 unspecified atom stereocenters. The van der Waals surface area contributed by atoms with Gasteiger partial charge in [-0.1, -0.05) is 37.3 Å². The van der Waals surface area contributed by atoms with Crippen molar-refractivity contribution in [1.29, 1.82) is 0 Å². The summed E-state index contributed by atoms with van der Waals surface area (Å²) in [6.45, 7) is 2.68. The fourth-order valence-electron chi connectivity index (χ4n) is 2.65. The van der Waals surface area contributed by atoms with Crippen LogP contribution in [0.25, 0.3) is 0 Å². The normalized spacial score (nSPS) is 11.5. The van der Waals surface area contributed by atoms with Crippen molar-refractivity contribution in [3.8, 4) is 17.2 Å². The Morgan fingerprint density at radius 3 is 2.12 bits per heavy atom. The van der Waals surface area contributed by atoms with E-state index >= 15 is 0 Å². The topological polar surface area (TPSA) is 56.8 Å². The molecule has 5 heteroatoms. The van der Waals surface area contributed by atoms with Gasteiger partial charge >= 0.3 is 0 Å². The van der Waals surface area contributed by atoms with Gasteiger partial charge in [-0.2, -0.15) is 0 Å². The van der Waals surface area contributed by atoms with Gasteiger partial charge in [-0.05, 0) is 29.2 Å². The zero-order chi connectivity index (χ0) is 18.2. The van der Waals surface area contributed by atoms with Gasteiger partial charge in [-0.25, -0.2) is 0 Å². The molecule has 1 atom stereocenters. The molecule has 0 spiro atoms. The molecule has 1 N–H and O–H groups in total. The first-order chi connectivity index (χ1) is 12.1. The molecule has 2 aromatic rings. The molecule has 0 aliphatic heterocycles. The molecule has 0 aliphatic rings. The van der Waals surface area contributed by atoms with Crippen LogP contribution in [-0.2, 0) is 11.2 Å². The Morgan fingerprint density at radius 1 is 1.00 bits per heavy atom. The van der Waals surface area contributed by atoms with Crippen LogP contribution in [0.15, 0.2) is 42.5 Å². The Kier molecular flexibility index (Phi) is 6.69. The number of carbonyl (C=O) groups excluding carboxylic acids is 1. The van der Waals surface area contributed by atoms with Crippen LogP contribution in [0.1, 0.15) is 24.0 Å². The van der Waals surface area contributed by atoms with Crippen LogP contribution in [0.3, 0.4) is 0 Å². The van der Waals surface area contributed by atoms with Gasteiger partial charge in [0.2, 0.25) is 11.7 Å². The highest BCUT2D eigenvalue weighted by atomic mass is 16.5. The van der Waals surface area contributed by atoms with Crippen molar-refractivity contribution < 1.29 is 19.0 Å². The molecule has 5 nitrogen and oxygen atoms in total. The molecule has 0 fully saturated rings. The van der Waals surface area contributed by atoms with E-state index in [1.807, 2.05) is 18.2 Å². The minimum Gasteiger partial charge on any atom is -0.493 e. The highest BCUT2D eigenvalue weighted by Crippen LogP contribution is 2.38. The van der Waals surface area contributed by atoms with Crippen molar-refractivity contribution in [3.05, 3.63) is 53.6 Å². The predicted octanol–water partition coefficient (Wildman–Crippen LogP) is 3.17. The summed E-state index contributed by atoms with van der Waals surface area (Å²) in [5, 5.41) is 2.98. The number of hydrogen-bond acceptors (Lipinski definition) is 4. The van der Waals surface area contributed by atoms with Gasteiger partial charge in [0, 0.05) is 6.54 Å². The lowest BCUT2D eigenvalue weighted by Gasteiger charge is -2.15. The van der Waals surface area contributed by atoms with Crippen LogP contribution in [0, 0.1) is 0 Å². The molecule has 1 amide bonds. The highest BCUT2D eigenvalue weighted by Gasteiger charge is 2.15. The van der Waals surface area contributed by atoms with Crippen molar-refractivity contribution in [2.75, 3.05) is 27.9 Å². The maximum atomic E-state index is 12.3. The fourth-order valence-corrected chi connectivity index (χ4v) is 2.65.